The molecule has 0 fully saturated rings. The maximum Gasteiger partial charge on any atom is 0.407 e. The first kappa shape index (κ1) is 19.4. The predicted molar refractivity (Wildman–Crippen MR) is 93.3 cm³/mol. The van der Waals surface area contributed by atoms with Gasteiger partial charge < -0.3 is 15.4 Å². The molecule has 1 aromatic heterocycles. The molecule has 23 heavy (non-hydrogen) atoms. The highest BCUT2D eigenvalue weighted by Gasteiger charge is 2.25. The highest BCUT2D eigenvalue weighted by atomic mass is 16.6. The summed E-state index contributed by atoms with van der Waals surface area (Å²) < 4.78 is 5.29. The Hall–Kier alpha value is -1.62. The topological polar surface area (TPSA) is 63.2 Å². The summed E-state index contributed by atoms with van der Waals surface area (Å²) in [6.45, 7) is 15.2. The van der Waals surface area contributed by atoms with Gasteiger partial charge >= 0.3 is 6.09 Å². The molecular weight excluding hydrogens is 290 g/mol. The number of carbonyl (C=O) groups is 1. The molecule has 1 aromatic rings. The second-order valence-corrected chi connectivity index (χ2v) is 8.01. The van der Waals surface area contributed by atoms with Gasteiger partial charge in [0.05, 0.1) is 5.69 Å². The van der Waals surface area contributed by atoms with Crippen molar-refractivity contribution in [3.8, 4) is 0 Å². The molecule has 0 spiro atoms. The molecule has 1 amide bonds. The van der Waals surface area contributed by atoms with Gasteiger partial charge in [-0.15, -0.1) is 0 Å². The fourth-order valence-electron chi connectivity index (χ4n) is 2.01. The molecule has 2 N–H and O–H groups in total. The van der Waals surface area contributed by atoms with Crippen molar-refractivity contribution in [2.24, 2.45) is 5.41 Å². The lowest BCUT2D eigenvalue weighted by Crippen LogP contribution is -2.49. The highest BCUT2D eigenvalue weighted by molar-refractivity contribution is 5.67. The number of hydrogen-bond acceptors (Lipinski definition) is 4. The smallest absolute Gasteiger partial charge is 0.407 e. The number of amides is 1. The van der Waals surface area contributed by atoms with E-state index in [1.807, 2.05) is 40.0 Å². The van der Waals surface area contributed by atoms with E-state index < -0.39 is 5.60 Å². The van der Waals surface area contributed by atoms with E-state index in [-0.39, 0.29) is 17.6 Å². The molecule has 0 saturated heterocycles. The zero-order valence-electron chi connectivity index (χ0n) is 15.5. The van der Waals surface area contributed by atoms with Crippen LogP contribution in [0.3, 0.4) is 0 Å². The molecule has 130 valence electrons. The minimum Gasteiger partial charge on any atom is -0.444 e. The molecule has 0 radical (unpaired) electrons. The maximum atomic E-state index is 11.8. The van der Waals surface area contributed by atoms with Crippen LogP contribution in [0.1, 0.15) is 52.8 Å². The summed E-state index contributed by atoms with van der Waals surface area (Å²) in [5.41, 5.74) is 1.65. The molecule has 5 heteroatoms. The number of carbonyl (C=O) groups excluding carboxylic acids is 1. The van der Waals surface area contributed by atoms with Gasteiger partial charge in [0, 0.05) is 25.3 Å². The first-order valence-electron chi connectivity index (χ1n) is 8.09. The number of nitrogens with zero attached hydrogens (tertiary/aromatic N) is 1. The molecule has 5 nitrogen and oxygen atoms in total. The second kappa shape index (κ2) is 7.77. The predicted octanol–water partition coefficient (Wildman–Crippen LogP) is 3.42. The van der Waals surface area contributed by atoms with E-state index in [1.54, 1.807) is 0 Å². The monoisotopic (exact) mass is 321 g/mol. The van der Waals surface area contributed by atoms with Crippen LogP contribution in [-0.2, 0) is 11.3 Å². The molecule has 0 aromatic carbocycles. The van der Waals surface area contributed by atoms with Gasteiger partial charge in [0.1, 0.15) is 5.60 Å². The molecular formula is C18H31N3O2. The average Bonchev–Trinajstić information content (AvgIpc) is 2.37. The molecule has 1 heterocycles. The Kier molecular flexibility index (Phi) is 6.57. The van der Waals surface area contributed by atoms with Gasteiger partial charge in [0.2, 0.25) is 0 Å². The lowest BCUT2D eigenvalue weighted by Gasteiger charge is -2.32. The van der Waals surface area contributed by atoms with Crippen LogP contribution in [-0.4, -0.2) is 29.3 Å². The summed E-state index contributed by atoms with van der Waals surface area (Å²) >= 11 is 0. The van der Waals surface area contributed by atoms with E-state index in [1.165, 1.54) is 0 Å². The van der Waals surface area contributed by atoms with E-state index in [0.717, 1.165) is 11.3 Å². The van der Waals surface area contributed by atoms with E-state index in [4.69, 9.17) is 4.74 Å². The Morgan fingerprint density at radius 1 is 1.22 bits per heavy atom. The third-order valence-electron chi connectivity index (χ3n) is 3.40. The average molecular weight is 321 g/mol. The van der Waals surface area contributed by atoms with E-state index in [2.05, 4.69) is 42.5 Å². The number of ether oxygens (including phenoxy) is 1. The van der Waals surface area contributed by atoms with Crippen LogP contribution >= 0.6 is 0 Å². The number of hydrogen-bond donors (Lipinski definition) is 2. The fraction of sp³-hybridized carbons (Fsp3) is 0.667. The van der Waals surface area contributed by atoms with Crippen molar-refractivity contribution in [3.63, 3.8) is 0 Å². The number of aryl methyl sites for hydroxylation is 1. The lowest BCUT2D eigenvalue weighted by atomic mass is 9.86. The van der Waals surface area contributed by atoms with E-state index in [9.17, 15) is 4.79 Å². The third kappa shape index (κ3) is 7.98. The Morgan fingerprint density at radius 2 is 1.87 bits per heavy atom. The molecule has 0 aliphatic heterocycles. The minimum absolute atomic E-state index is 0.000288. The summed E-state index contributed by atoms with van der Waals surface area (Å²) in [6, 6.07) is 4.18. The van der Waals surface area contributed by atoms with Crippen LogP contribution in [0, 0.1) is 12.3 Å². The Labute approximate surface area is 140 Å². The first-order valence-corrected chi connectivity index (χ1v) is 8.09. The van der Waals surface area contributed by atoms with Crippen molar-refractivity contribution in [2.75, 3.05) is 6.54 Å². The van der Waals surface area contributed by atoms with Crippen molar-refractivity contribution in [3.05, 3.63) is 29.6 Å². The Balaban J connectivity index is 2.56. The summed E-state index contributed by atoms with van der Waals surface area (Å²) in [6.07, 6.45) is 1.48. The molecule has 1 rings (SSSR count). The van der Waals surface area contributed by atoms with E-state index >= 15 is 0 Å². The van der Waals surface area contributed by atoms with Crippen LogP contribution in [0.15, 0.2) is 18.3 Å². The van der Waals surface area contributed by atoms with Gasteiger partial charge in [-0.1, -0.05) is 26.8 Å². The fourth-order valence-corrected chi connectivity index (χ4v) is 2.01. The van der Waals surface area contributed by atoms with Crippen LogP contribution < -0.4 is 10.6 Å². The van der Waals surface area contributed by atoms with Gasteiger partial charge in [-0.05, 0) is 44.7 Å². The largest absolute Gasteiger partial charge is 0.444 e. The van der Waals surface area contributed by atoms with Crippen LogP contribution in [0.5, 0.6) is 0 Å². The van der Waals surface area contributed by atoms with Gasteiger partial charge in [-0.3, -0.25) is 4.98 Å². The molecule has 0 aliphatic rings. The lowest BCUT2D eigenvalue weighted by molar-refractivity contribution is 0.0513. The van der Waals surface area contributed by atoms with Crippen molar-refractivity contribution in [2.45, 2.75) is 66.7 Å². The number of aromatic nitrogens is 1. The van der Waals surface area contributed by atoms with Crippen molar-refractivity contribution < 1.29 is 9.53 Å². The van der Waals surface area contributed by atoms with E-state index in [0.29, 0.717) is 13.1 Å². The summed E-state index contributed by atoms with van der Waals surface area (Å²) in [7, 11) is 0. The third-order valence-corrected chi connectivity index (χ3v) is 3.40. The van der Waals surface area contributed by atoms with Crippen molar-refractivity contribution in [1.29, 1.82) is 0 Å². The zero-order valence-corrected chi connectivity index (χ0v) is 15.5. The molecule has 0 aliphatic carbocycles. The molecule has 0 bridgehead atoms. The van der Waals surface area contributed by atoms with Crippen molar-refractivity contribution in [1.82, 2.24) is 15.6 Å². The maximum absolute atomic E-state index is 11.8. The molecule has 0 saturated carbocycles. The van der Waals surface area contributed by atoms with Crippen LogP contribution in [0.4, 0.5) is 4.79 Å². The highest BCUT2D eigenvalue weighted by Crippen LogP contribution is 2.19. The normalized spacial score (nSPS) is 13.5. The summed E-state index contributed by atoms with van der Waals surface area (Å²) in [5.74, 6) is 0. The second-order valence-electron chi connectivity index (χ2n) is 8.01. The molecule has 1 atom stereocenters. The van der Waals surface area contributed by atoms with Gasteiger partial charge in [0.25, 0.3) is 0 Å². The number of pyridine rings is 1. The van der Waals surface area contributed by atoms with Gasteiger partial charge in [0.15, 0.2) is 0 Å². The Bertz CT molecular complexity index is 498. The summed E-state index contributed by atoms with van der Waals surface area (Å²) in [4.78, 5) is 16.2. The first-order chi connectivity index (χ1) is 10.5. The van der Waals surface area contributed by atoms with Crippen LogP contribution in [0.25, 0.3) is 0 Å². The number of rotatable bonds is 5. The zero-order chi connectivity index (χ0) is 17.7. The Morgan fingerprint density at radius 3 is 2.35 bits per heavy atom. The standard InChI is InChI=1S/C18H31N3O2/c1-13-8-9-14(19-10-13)11-20-15(17(2,3)4)12-21-16(22)23-18(5,6)7/h8-10,15,20H,11-12H2,1-7H3,(H,21,22)/t15-/m1/s1. The molecule has 0 unspecified atom stereocenters. The minimum atomic E-state index is -0.486. The number of alkyl carbamates (subject to hydrolysis) is 1. The quantitative estimate of drug-likeness (QED) is 0.872. The van der Waals surface area contributed by atoms with Gasteiger partial charge in [-0.25, -0.2) is 4.79 Å². The SMILES string of the molecule is Cc1ccc(CN[C@H](CNC(=O)OC(C)(C)C)C(C)(C)C)nc1. The van der Waals surface area contributed by atoms with Gasteiger partial charge in [-0.2, -0.15) is 0 Å². The van der Waals surface area contributed by atoms with Crippen molar-refractivity contribution >= 4 is 6.09 Å². The number of nitrogens with one attached hydrogen (secondary N) is 2. The summed E-state index contributed by atoms with van der Waals surface area (Å²) in [5, 5.41) is 6.33. The van der Waals surface area contributed by atoms with Crippen LogP contribution in [0.2, 0.25) is 0 Å².